The molecule has 2 nitrogen and oxygen atoms in total. The van der Waals surface area contributed by atoms with Crippen LogP contribution in [0.3, 0.4) is 0 Å². The van der Waals surface area contributed by atoms with Crippen LogP contribution in [-0.2, 0) is 9.59 Å². The minimum Gasteiger partial charge on any atom is -0.299 e. The Labute approximate surface area is 87.1 Å². The maximum atomic E-state index is 11.8. The summed E-state index contributed by atoms with van der Waals surface area (Å²) in [6.45, 7) is 11.2. The predicted molar refractivity (Wildman–Crippen MR) is 58.1 cm³/mol. The van der Waals surface area contributed by atoms with Crippen LogP contribution in [0.1, 0.15) is 48.0 Å². The van der Waals surface area contributed by atoms with Crippen LogP contribution >= 0.6 is 0 Å². The van der Waals surface area contributed by atoms with Crippen molar-refractivity contribution in [3.8, 4) is 0 Å². The van der Waals surface area contributed by atoms with Crippen LogP contribution in [0.2, 0.25) is 0 Å². The number of ketones is 2. The maximum absolute atomic E-state index is 11.8. The third kappa shape index (κ3) is 2.66. The lowest BCUT2D eigenvalue weighted by molar-refractivity contribution is -0.138. The van der Waals surface area contributed by atoms with Gasteiger partial charge in [-0.1, -0.05) is 41.5 Å². The lowest BCUT2D eigenvalue weighted by Crippen LogP contribution is -2.37. The molecular weight excluding hydrogens is 176 g/mol. The minimum atomic E-state index is -0.518. The lowest BCUT2D eigenvalue weighted by atomic mass is 9.72. The molecule has 1 atom stereocenters. The molecule has 0 aliphatic heterocycles. The summed E-state index contributed by atoms with van der Waals surface area (Å²) in [5.41, 5.74) is -0.518. The quantitative estimate of drug-likeness (QED) is 0.680. The molecule has 0 saturated carbocycles. The molecule has 0 aliphatic rings. The van der Waals surface area contributed by atoms with Crippen LogP contribution in [0.15, 0.2) is 0 Å². The standard InChI is InChI=1S/C12H22O2/c1-7-10(13)12(5,6)9(4)11(14)8(2)3/h8-9H,7H2,1-6H3. The van der Waals surface area contributed by atoms with Gasteiger partial charge in [0, 0.05) is 23.7 Å². The Bertz CT molecular complexity index is 226. The highest BCUT2D eigenvalue weighted by molar-refractivity contribution is 5.92. The van der Waals surface area contributed by atoms with Crippen LogP contribution in [-0.4, -0.2) is 11.6 Å². The highest BCUT2D eigenvalue weighted by atomic mass is 16.1. The van der Waals surface area contributed by atoms with Crippen LogP contribution in [0.5, 0.6) is 0 Å². The Kier molecular flexibility index (Phi) is 4.50. The molecule has 0 aromatic carbocycles. The SMILES string of the molecule is CCC(=O)C(C)(C)C(C)C(=O)C(C)C. The second kappa shape index (κ2) is 4.72. The summed E-state index contributed by atoms with van der Waals surface area (Å²) in [4.78, 5) is 23.4. The Balaban J connectivity index is 4.74. The molecule has 0 aromatic heterocycles. The number of carbonyl (C=O) groups excluding carboxylic acids is 2. The summed E-state index contributed by atoms with van der Waals surface area (Å²) >= 11 is 0. The molecule has 0 amide bonds. The van der Waals surface area contributed by atoms with Gasteiger partial charge in [-0.15, -0.1) is 0 Å². The second-order valence-corrected chi connectivity index (χ2v) is 4.78. The molecule has 0 saturated heterocycles. The molecule has 1 unspecified atom stereocenters. The fourth-order valence-corrected chi connectivity index (χ4v) is 1.55. The predicted octanol–water partition coefficient (Wildman–Crippen LogP) is 2.85. The van der Waals surface area contributed by atoms with E-state index in [-0.39, 0.29) is 23.4 Å². The largest absolute Gasteiger partial charge is 0.299 e. The van der Waals surface area contributed by atoms with Gasteiger partial charge in [-0.25, -0.2) is 0 Å². The molecule has 0 aliphatic carbocycles. The Morgan fingerprint density at radius 3 is 1.86 bits per heavy atom. The van der Waals surface area contributed by atoms with Gasteiger partial charge in [0.15, 0.2) is 0 Å². The first-order valence-corrected chi connectivity index (χ1v) is 5.32. The number of carbonyl (C=O) groups is 2. The van der Waals surface area contributed by atoms with Gasteiger partial charge in [0.2, 0.25) is 0 Å². The molecule has 0 bridgehead atoms. The molecule has 14 heavy (non-hydrogen) atoms. The summed E-state index contributed by atoms with van der Waals surface area (Å²) in [7, 11) is 0. The summed E-state index contributed by atoms with van der Waals surface area (Å²) < 4.78 is 0. The van der Waals surface area contributed by atoms with E-state index in [4.69, 9.17) is 0 Å². The van der Waals surface area contributed by atoms with Gasteiger partial charge in [-0.2, -0.15) is 0 Å². The molecule has 0 spiro atoms. The van der Waals surface area contributed by atoms with Crippen molar-refractivity contribution < 1.29 is 9.59 Å². The zero-order valence-electron chi connectivity index (χ0n) is 10.2. The van der Waals surface area contributed by atoms with Gasteiger partial charge in [-0.3, -0.25) is 9.59 Å². The van der Waals surface area contributed by atoms with E-state index in [2.05, 4.69) is 0 Å². The lowest BCUT2D eigenvalue weighted by Gasteiger charge is -2.30. The van der Waals surface area contributed by atoms with Crippen molar-refractivity contribution >= 4 is 11.6 Å². The summed E-state index contributed by atoms with van der Waals surface area (Å²) in [5, 5.41) is 0. The van der Waals surface area contributed by atoms with Crippen molar-refractivity contribution in [2.24, 2.45) is 17.3 Å². The van der Waals surface area contributed by atoms with Crippen LogP contribution < -0.4 is 0 Å². The normalized spacial score (nSPS) is 14.2. The molecule has 0 fully saturated rings. The highest BCUT2D eigenvalue weighted by Crippen LogP contribution is 2.31. The van der Waals surface area contributed by atoms with Gasteiger partial charge in [0.1, 0.15) is 11.6 Å². The van der Waals surface area contributed by atoms with Crippen molar-refractivity contribution in [3.05, 3.63) is 0 Å². The van der Waals surface area contributed by atoms with Gasteiger partial charge >= 0.3 is 0 Å². The van der Waals surface area contributed by atoms with Gasteiger partial charge in [0.05, 0.1) is 0 Å². The topological polar surface area (TPSA) is 34.1 Å². The first-order valence-electron chi connectivity index (χ1n) is 5.32. The van der Waals surface area contributed by atoms with E-state index < -0.39 is 5.41 Å². The fourth-order valence-electron chi connectivity index (χ4n) is 1.55. The van der Waals surface area contributed by atoms with E-state index in [1.807, 2.05) is 41.5 Å². The van der Waals surface area contributed by atoms with Gasteiger partial charge < -0.3 is 0 Å². The van der Waals surface area contributed by atoms with Crippen molar-refractivity contribution in [1.29, 1.82) is 0 Å². The van der Waals surface area contributed by atoms with E-state index in [0.29, 0.717) is 6.42 Å². The molecule has 2 heteroatoms. The number of hydrogen-bond donors (Lipinski definition) is 0. The third-order valence-corrected chi connectivity index (χ3v) is 3.12. The summed E-state index contributed by atoms with van der Waals surface area (Å²) in [6.07, 6.45) is 0.503. The monoisotopic (exact) mass is 198 g/mol. The van der Waals surface area contributed by atoms with E-state index >= 15 is 0 Å². The zero-order valence-corrected chi connectivity index (χ0v) is 10.2. The van der Waals surface area contributed by atoms with Crippen LogP contribution in [0, 0.1) is 17.3 Å². The molecule has 0 aromatic rings. The fraction of sp³-hybridized carbons (Fsp3) is 0.833. The van der Waals surface area contributed by atoms with E-state index in [0.717, 1.165) is 0 Å². The highest BCUT2D eigenvalue weighted by Gasteiger charge is 2.37. The van der Waals surface area contributed by atoms with Crippen molar-refractivity contribution in [3.63, 3.8) is 0 Å². The van der Waals surface area contributed by atoms with Gasteiger partial charge in [0.25, 0.3) is 0 Å². The van der Waals surface area contributed by atoms with Crippen molar-refractivity contribution in [2.75, 3.05) is 0 Å². The van der Waals surface area contributed by atoms with E-state index in [9.17, 15) is 9.59 Å². The maximum Gasteiger partial charge on any atom is 0.139 e. The molecular formula is C12H22O2. The number of Topliss-reactive ketones (excluding diaryl/α,β-unsaturated/α-hetero) is 2. The van der Waals surface area contributed by atoms with E-state index in [1.54, 1.807) is 0 Å². The van der Waals surface area contributed by atoms with Crippen molar-refractivity contribution in [1.82, 2.24) is 0 Å². The molecule has 0 radical (unpaired) electrons. The number of hydrogen-bond acceptors (Lipinski definition) is 2. The summed E-state index contributed by atoms with van der Waals surface area (Å²) in [5.74, 6) is 0.166. The minimum absolute atomic E-state index is 0.00827. The number of rotatable bonds is 5. The summed E-state index contributed by atoms with van der Waals surface area (Å²) in [6, 6.07) is 0. The van der Waals surface area contributed by atoms with Crippen LogP contribution in [0.4, 0.5) is 0 Å². The Morgan fingerprint density at radius 1 is 1.14 bits per heavy atom. The molecule has 0 N–H and O–H groups in total. The first kappa shape index (κ1) is 13.3. The molecule has 0 rings (SSSR count). The Morgan fingerprint density at radius 2 is 1.57 bits per heavy atom. The Hall–Kier alpha value is -0.660. The smallest absolute Gasteiger partial charge is 0.139 e. The second-order valence-electron chi connectivity index (χ2n) is 4.78. The third-order valence-electron chi connectivity index (χ3n) is 3.12. The zero-order chi connectivity index (χ0) is 11.5. The van der Waals surface area contributed by atoms with E-state index in [1.165, 1.54) is 0 Å². The average molecular weight is 198 g/mol. The average Bonchev–Trinajstić information content (AvgIpc) is 2.13. The van der Waals surface area contributed by atoms with Crippen LogP contribution in [0.25, 0.3) is 0 Å². The molecule has 82 valence electrons. The first-order chi connectivity index (χ1) is 6.25. The van der Waals surface area contributed by atoms with Gasteiger partial charge in [-0.05, 0) is 0 Å². The van der Waals surface area contributed by atoms with Crippen molar-refractivity contribution in [2.45, 2.75) is 48.0 Å². The molecule has 0 heterocycles.